The van der Waals surface area contributed by atoms with Crippen LogP contribution in [0.5, 0.6) is 0 Å². The lowest BCUT2D eigenvalue weighted by atomic mass is 10.1. The van der Waals surface area contributed by atoms with Crippen molar-refractivity contribution in [3.8, 4) is 0 Å². The molecule has 88 valence electrons. The van der Waals surface area contributed by atoms with Crippen molar-refractivity contribution in [3.63, 3.8) is 0 Å². The third-order valence-corrected chi connectivity index (χ3v) is 3.26. The van der Waals surface area contributed by atoms with Crippen molar-refractivity contribution < 1.29 is 0 Å². The lowest BCUT2D eigenvalue weighted by Crippen LogP contribution is -2.42. The van der Waals surface area contributed by atoms with Gasteiger partial charge in [-0.1, -0.05) is 48.5 Å². The number of nitrogens with zero attached hydrogens (tertiary/aromatic N) is 1. The van der Waals surface area contributed by atoms with Gasteiger partial charge in [0.2, 0.25) is 0 Å². The Morgan fingerprint density at radius 3 is 1.88 bits per heavy atom. The molecule has 0 amide bonds. The number of quaternary nitrogens is 1. The number of para-hydroxylation sites is 1. The molecule has 1 heteroatoms. The quantitative estimate of drug-likeness (QED) is 0.700. The Hall–Kier alpha value is -1.60. The van der Waals surface area contributed by atoms with Crippen LogP contribution in [0, 0.1) is 0 Å². The summed E-state index contributed by atoms with van der Waals surface area (Å²) in [4.78, 5) is 0. The van der Waals surface area contributed by atoms with E-state index in [1.54, 1.807) is 0 Å². The van der Waals surface area contributed by atoms with Crippen molar-refractivity contribution in [2.75, 3.05) is 20.6 Å². The zero-order valence-electron chi connectivity index (χ0n) is 10.6. The van der Waals surface area contributed by atoms with Crippen LogP contribution in [0.15, 0.2) is 60.7 Å². The van der Waals surface area contributed by atoms with Crippen molar-refractivity contribution in [2.24, 2.45) is 0 Å². The molecular weight excluding hydrogens is 206 g/mol. The second kappa shape index (κ2) is 5.15. The van der Waals surface area contributed by atoms with Crippen LogP contribution in [0.3, 0.4) is 0 Å². The molecule has 0 N–H and O–H groups in total. The Morgan fingerprint density at radius 2 is 1.29 bits per heavy atom. The fraction of sp³-hybridized carbons (Fsp3) is 0.250. The van der Waals surface area contributed by atoms with E-state index in [1.165, 1.54) is 11.3 Å². The van der Waals surface area contributed by atoms with Gasteiger partial charge in [0, 0.05) is 6.42 Å². The maximum absolute atomic E-state index is 2.26. The third-order valence-electron chi connectivity index (χ3n) is 3.26. The Kier molecular flexibility index (Phi) is 3.60. The molecule has 0 aliphatic carbocycles. The van der Waals surface area contributed by atoms with Gasteiger partial charge in [0.15, 0.2) is 0 Å². The Morgan fingerprint density at radius 1 is 0.765 bits per heavy atom. The highest BCUT2D eigenvalue weighted by molar-refractivity contribution is 5.41. The van der Waals surface area contributed by atoms with Crippen LogP contribution in [-0.4, -0.2) is 20.6 Å². The van der Waals surface area contributed by atoms with Gasteiger partial charge in [-0.3, -0.25) is 4.48 Å². The second-order valence-corrected chi connectivity index (χ2v) is 4.98. The Bertz CT molecular complexity index is 445. The van der Waals surface area contributed by atoms with Gasteiger partial charge < -0.3 is 0 Å². The summed E-state index contributed by atoms with van der Waals surface area (Å²) in [7, 11) is 4.52. The first kappa shape index (κ1) is 11.9. The van der Waals surface area contributed by atoms with Gasteiger partial charge in [0.25, 0.3) is 0 Å². The molecule has 0 bridgehead atoms. The number of hydrogen-bond donors (Lipinski definition) is 0. The monoisotopic (exact) mass is 226 g/mol. The summed E-state index contributed by atoms with van der Waals surface area (Å²) >= 11 is 0. The van der Waals surface area contributed by atoms with Crippen LogP contribution in [0.4, 0.5) is 5.69 Å². The fourth-order valence-corrected chi connectivity index (χ4v) is 2.01. The van der Waals surface area contributed by atoms with Crippen molar-refractivity contribution in [3.05, 3.63) is 66.2 Å². The minimum atomic E-state index is 0.926. The molecule has 0 unspecified atom stereocenters. The van der Waals surface area contributed by atoms with Gasteiger partial charge in [-0.2, -0.15) is 0 Å². The highest BCUT2D eigenvalue weighted by Crippen LogP contribution is 2.18. The summed E-state index contributed by atoms with van der Waals surface area (Å²) < 4.78 is 0.926. The molecule has 1 nitrogen and oxygen atoms in total. The molecule has 0 saturated heterocycles. The van der Waals surface area contributed by atoms with E-state index >= 15 is 0 Å². The van der Waals surface area contributed by atoms with Crippen LogP contribution in [0.2, 0.25) is 0 Å². The van der Waals surface area contributed by atoms with E-state index in [1.807, 2.05) is 0 Å². The highest BCUT2D eigenvalue weighted by Gasteiger charge is 2.17. The van der Waals surface area contributed by atoms with E-state index in [0.29, 0.717) is 0 Å². The lowest BCUT2D eigenvalue weighted by Gasteiger charge is -2.29. The number of benzene rings is 2. The molecule has 0 spiro atoms. The molecule has 0 fully saturated rings. The van der Waals surface area contributed by atoms with Crippen LogP contribution in [0.25, 0.3) is 0 Å². The maximum Gasteiger partial charge on any atom is 0.132 e. The molecule has 0 atom stereocenters. The molecular formula is C16H20N+. The van der Waals surface area contributed by atoms with E-state index in [0.717, 1.165) is 17.4 Å². The Labute approximate surface area is 104 Å². The topological polar surface area (TPSA) is 0 Å². The van der Waals surface area contributed by atoms with E-state index in [4.69, 9.17) is 0 Å². The third kappa shape index (κ3) is 3.18. The molecule has 17 heavy (non-hydrogen) atoms. The lowest BCUT2D eigenvalue weighted by molar-refractivity contribution is 0.402. The van der Waals surface area contributed by atoms with Crippen molar-refractivity contribution in [1.82, 2.24) is 4.48 Å². The summed E-state index contributed by atoms with van der Waals surface area (Å²) in [6.07, 6.45) is 1.11. The summed E-state index contributed by atoms with van der Waals surface area (Å²) in [6.45, 7) is 1.12. The summed E-state index contributed by atoms with van der Waals surface area (Å²) in [5.74, 6) is 0. The Balaban J connectivity index is 2.03. The highest BCUT2D eigenvalue weighted by atomic mass is 15.3. The zero-order valence-corrected chi connectivity index (χ0v) is 10.6. The van der Waals surface area contributed by atoms with E-state index < -0.39 is 0 Å². The smallest absolute Gasteiger partial charge is 0.132 e. The molecule has 0 saturated carbocycles. The van der Waals surface area contributed by atoms with Crippen LogP contribution >= 0.6 is 0 Å². The van der Waals surface area contributed by atoms with E-state index in [2.05, 4.69) is 74.8 Å². The van der Waals surface area contributed by atoms with E-state index in [-0.39, 0.29) is 0 Å². The van der Waals surface area contributed by atoms with Gasteiger partial charge in [-0.05, 0) is 17.7 Å². The van der Waals surface area contributed by atoms with Gasteiger partial charge >= 0.3 is 0 Å². The molecule has 0 aliphatic heterocycles. The minimum Gasteiger partial charge on any atom is -0.296 e. The maximum atomic E-state index is 2.26. The normalized spacial score (nSPS) is 11.4. The minimum absolute atomic E-state index is 0.926. The van der Waals surface area contributed by atoms with Crippen LogP contribution < -0.4 is 4.48 Å². The second-order valence-electron chi connectivity index (χ2n) is 4.98. The first-order valence-electron chi connectivity index (χ1n) is 6.11. The summed E-state index contributed by atoms with van der Waals surface area (Å²) in [6, 6.07) is 21.4. The van der Waals surface area contributed by atoms with Crippen LogP contribution in [0.1, 0.15) is 5.56 Å². The fourth-order valence-electron chi connectivity index (χ4n) is 2.01. The largest absolute Gasteiger partial charge is 0.296 e. The molecule has 2 aromatic carbocycles. The van der Waals surface area contributed by atoms with Gasteiger partial charge in [-0.15, -0.1) is 0 Å². The SMILES string of the molecule is C[N+](C)(CCc1ccccc1)c1ccccc1. The molecule has 0 heterocycles. The average Bonchev–Trinajstić information content (AvgIpc) is 2.39. The molecule has 2 rings (SSSR count). The van der Waals surface area contributed by atoms with E-state index in [9.17, 15) is 0 Å². The number of rotatable bonds is 4. The first-order chi connectivity index (χ1) is 8.18. The molecule has 0 aromatic heterocycles. The first-order valence-corrected chi connectivity index (χ1v) is 6.11. The molecule has 0 radical (unpaired) electrons. The average molecular weight is 226 g/mol. The summed E-state index contributed by atoms with van der Waals surface area (Å²) in [5.41, 5.74) is 2.78. The van der Waals surface area contributed by atoms with Gasteiger partial charge in [0.05, 0.1) is 20.6 Å². The van der Waals surface area contributed by atoms with Gasteiger partial charge in [0.1, 0.15) is 5.69 Å². The molecule has 0 aliphatic rings. The predicted octanol–water partition coefficient (Wildman–Crippen LogP) is 3.50. The van der Waals surface area contributed by atoms with Crippen LogP contribution in [-0.2, 0) is 6.42 Å². The van der Waals surface area contributed by atoms with Crippen molar-refractivity contribution in [2.45, 2.75) is 6.42 Å². The predicted molar refractivity (Wildman–Crippen MR) is 75.1 cm³/mol. The number of likely N-dealkylation sites (N-methyl/N-ethyl adjacent to an activating group) is 1. The van der Waals surface area contributed by atoms with Gasteiger partial charge in [-0.25, -0.2) is 0 Å². The van der Waals surface area contributed by atoms with Crippen molar-refractivity contribution in [1.29, 1.82) is 0 Å². The van der Waals surface area contributed by atoms with Crippen molar-refractivity contribution >= 4 is 5.69 Å². The standard InChI is InChI=1S/C16H20N/c1-17(2,16-11-7-4-8-12-16)14-13-15-9-5-3-6-10-15/h3-12H,13-14H2,1-2H3/q+1. The number of hydrogen-bond acceptors (Lipinski definition) is 0. The summed E-state index contributed by atoms with van der Waals surface area (Å²) in [5, 5.41) is 0. The zero-order chi connectivity index (χ0) is 12.1. The molecule has 2 aromatic rings.